The fourth-order valence-corrected chi connectivity index (χ4v) is 4.57. The summed E-state index contributed by atoms with van der Waals surface area (Å²) < 4.78 is 5.05. The zero-order chi connectivity index (χ0) is 22.4. The van der Waals surface area contributed by atoms with Crippen molar-refractivity contribution in [3.05, 3.63) is 87.8 Å². The molecule has 31 heavy (non-hydrogen) atoms. The lowest BCUT2D eigenvalue weighted by Crippen LogP contribution is -2.19. The molecule has 0 saturated carbocycles. The van der Waals surface area contributed by atoms with Gasteiger partial charge in [0.15, 0.2) is 0 Å². The van der Waals surface area contributed by atoms with Crippen LogP contribution in [0.4, 0.5) is 5.00 Å². The van der Waals surface area contributed by atoms with Crippen LogP contribution in [0.25, 0.3) is 0 Å². The molecular weight excluding hydrogens is 412 g/mol. The highest BCUT2D eigenvalue weighted by Gasteiger charge is 2.26. The molecule has 3 rings (SSSR count). The topological polar surface area (TPSA) is 98.5 Å². The first-order valence-electron chi connectivity index (χ1n) is 9.92. The highest BCUT2D eigenvalue weighted by atomic mass is 32.1. The summed E-state index contributed by atoms with van der Waals surface area (Å²) in [5.41, 5.74) is 8.09. The minimum absolute atomic E-state index is 0.136. The third-order valence-corrected chi connectivity index (χ3v) is 6.09. The molecule has 160 valence electrons. The fraction of sp³-hybridized carbons (Fsp3) is 0.208. The van der Waals surface area contributed by atoms with Crippen LogP contribution in [0.1, 0.15) is 56.0 Å². The summed E-state index contributed by atoms with van der Waals surface area (Å²) in [5, 5.41) is 3.05. The number of rotatable bonds is 8. The Labute approximate surface area is 185 Å². The van der Waals surface area contributed by atoms with Crippen LogP contribution in [0.5, 0.6) is 0 Å². The van der Waals surface area contributed by atoms with Crippen molar-refractivity contribution in [2.75, 3.05) is 11.9 Å². The Balaban J connectivity index is 1.88. The van der Waals surface area contributed by atoms with E-state index in [4.69, 9.17) is 10.5 Å². The monoisotopic (exact) mass is 436 g/mol. The van der Waals surface area contributed by atoms with Gasteiger partial charge in [0.2, 0.25) is 5.91 Å². The van der Waals surface area contributed by atoms with Crippen LogP contribution in [0.2, 0.25) is 0 Å². The maximum atomic E-state index is 13.0. The summed E-state index contributed by atoms with van der Waals surface area (Å²) in [5.74, 6) is -1.69. The maximum absolute atomic E-state index is 13.0. The van der Waals surface area contributed by atoms with Gasteiger partial charge in [-0.2, -0.15) is 0 Å². The lowest BCUT2D eigenvalue weighted by molar-refractivity contribution is -0.116. The predicted octanol–water partition coefficient (Wildman–Crippen LogP) is 4.49. The summed E-state index contributed by atoms with van der Waals surface area (Å²) in [6.07, 6.45) is 0.165. The Bertz CT molecular complexity index is 1040. The quantitative estimate of drug-likeness (QED) is 0.508. The number of esters is 1. The zero-order valence-corrected chi connectivity index (χ0v) is 18.2. The van der Waals surface area contributed by atoms with Crippen LogP contribution in [-0.4, -0.2) is 24.4 Å². The first-order chi connectivity index (χ1) is 14.9. The normalized spacial score (nSPS) is 10.7. The molecule has 1 aromatic heterocycles. The summed E-state index contributed by atoms with van der Waals surface area (Å²) in [4.78, 5) is 37.5. The average Bonchev–Trinajstić information content (AvgIpc) is 3.09. The van der Waals surface area contributed by atoms with Crippen LogP contribution in [-0.2, 0) is 9.53 Å². The standard InChI is InChI=1S/C24H24N2O4S/c1-3-30-24(29)21-15(2)20(22(25)28)23(31-21)26-19(27)14-18(16-10-6-4-7-11-16)17-12-8-5-9-13-17/h4-13,18H,3,14H2,1-2H3,(H2,25,28)(H,26,27). The molecule has 2 aromatic carbocycles. The predicted molar refractivity (Wildman–Crippen MR) is 122 cm³/mol. The smallest absolute Gasteiger partial charge is 0.348 e. The van der Waals surface area contributed by atoms with Gasteiger partial charge in [0, 0.05) is 12.3 Å². The molecule has 3 aromatic rings. The van der Waals surface area contributed by atoms with E-state index in [9.17, 15) is 14.4 Å². The van der Waals surface area contributed by atoms with Crippen molar-refractivity contribution in [3.8, 4) is 0 Å². The molecule has 0 unspecified atom stereocenters. The number of carbonyl (C=O) groups excluding carboxylic acids is 3. The first-order valence-corrected chi connectivity index (χ1v) is 10.7. The van der Waals surface area contributed by atoms with Crippen LogP contribution in [0.15, 0.2) is 60.7 Å². The first kappa shape index (κ1) is 22.2. The molecule has 0 saturated heterocycles. The molecule has 0 spiro atoms. The van der Waals surface area contributed by atoms with Gasteiger partial charge >= 0.3 is 5.97 Å². The molecule has 0 aliphatic carbocycles. The fourth-order valence-electron chi connectivity index (χ4n) is 3.45. The van der Waals surface area contributed by atoms with E-state index in [1.165, 1.54) is 0 Å². The molecule has 0 bridgehead atoms. The molecule has 0 fully saturated rings. The van der Waals surface area contributed by atoms with E-state index in [0.29, 0.717) is 5.56 Å². The summed E-state index contributed by atoms with van der Waals surface area (Å²) in [6.45, 7) is 3.53. The van der Waals surface area contributed by atoms with Crippen molar-refractivity contribution in [1.29, 1.82) is 0 Å². The number of benzene rings is 2. The average molecular weight is 437 g/mol. The number of carbonyl (C=O) groups is 3. The lowest BCUT2D eigenvalue weighted by atomic mass is 9.88. The Morgan fingerprint density at radius 2 is 1.55 bits per heavy atom. The lowest BCUT2D eigenvalue weighted by Gasteiger charge is -2.18. The molecule has 0 aliphatic heterocycles. The van der Waals surface area contributed by atoms with Crippen LogP contribution in [0, 0.1) is 6.92 Å². The molecule has 0 radical (unpaired) electrons. The van der Waals surface area contributed by atoms with Gasteiger partial charge in [-0.1, -0.05) is 60.7 Å². The molecule has 0 atom stereocenters. The van der Waals surface area contributed by atoms with E-state index in [2.05, 4.69) is 5.32 Å². The Hall–Kier alpha value is -3.45. The number of thiophene rings is 1. The molecular formula is C24H24N2O4S. The highest BCUT2D eigenvalue weighted by molar-refractivity contribution is 7.18. The SMILES string of the molecule is CCOC(=O)c1sc(NC(=O)CC(c2ccccc2)c2ccccc2)c(C(N)=O)c1C. The molecule has 0 aliphatic rings. The summed E-state index contributed by atoms with van der Waals surface area (Å²) >= 11 is 1.00. The van der Waals surface area contributed by atoms with E-state index >= 15 is 0 Å². The molecule has 6 nitrogen and oxygen atoms in total. The van der Waals surface area contributed by atoms with Gasteiger partial charge in [-0.05, 0) is 30.5 Å². The summed E-state index contributed by atoms with van der Waals surface area (Å²) in [6, 6.07) is 19.5. The second kappa shape index (κ2) is 10.0. The van der Waals surface area contributed by atoms with Crippen molar-refractivity contribution in [2.45, 2.75) is 26.2 Å². The minimum Gasteiger partial charge on any atom is -0.462 e. The van der Waals surface area contributed by atoms with Gasteiger partial charge in [0.25, 0.3) is 5.91 Å². The molecule has 3 N–H and O–H groups in total. The molecule has 7 heteroatoms. The van der Waals surface area contributed by atoms with E-state index < -0.39 is 11.9 Å². The van der Waals surface area contributed by atoms with Gasteiger partial charge in [0.05, 0.1) is 12.2 Å². The van der Waals surface area contributed by atoms with Crippen LogP contribution >= 0.6 is 11.3 Å². The number of amides is 2. The van der Waals surface area contributed by atoms with Gasteiger partial charge in [-0.25, -0.2) is 4.79 Å². The number of nitrogens with two attached hydrogens (primary N) is 1. The molecule has 2 amide bonds. The van der Waals surface area contributed by atoms with Crippen molar-refractivity contribution in [1.82, 2.24) is 0 Å². The van der Waals surface area contributed by atoms with Gasteiger partial charge < -0.3 is 15.8 Å². The maximum Gasteiger partial charge on any atom is 0.348 e. The largest absolute Gasteiger partial charge is 0.462 e. The summed E-state index contributed by atoms with van der Waals surface area (Å²) in [7, 11) is 0. The Kier molecular flexibility index (Phi) is 7.20. The van der Waals surface area contributed by atoms with E-state index in [-0.39, 0.29) is 40.3 Å². The Morgan fingerprint density at radius 1 is 1.00 bits per heavy atom. The molecule has 1 heterocycles. The van der Waals surface area contributed by atoms with Crippen molar-refractivity contribution in [3.63, 3.8) is 0 Å². The number of anilines is 1. The zero-order valence-electron chi connectivity index (χ0n) is 17.4. The third kappa shape index (κ3) is 5.19. The van der Waals surface area contributed by atoms with E-state index in [0.717, 1.165) is 22.5 Å². The third-order valence-electron chi connectivity index (χ3n) is 4.90. The van der Waals surface area contributed by atoms with Crippen molar-refractivity contribution in [2.24, 2.45) is 5.73 Å². The second-order valence-electron chi connectivity index (χ2n) is 6.97. The van der Waals surface area contributed by atoms with Gasteiger partial charge in [-0.15, -0.1) is 11.3 Å². The number of hydrogen-bond donors (Lipinski definition) is 2. The number of nitrogens with one attached hydrogen (secondary N) is 1. The van der Waals surface area contributed by atoms with Crippen LogP contribution < -0.4 is 11.1 Å². The number of ether oxygens (including phenoxy) is 1. The highest BCUT2D eigenvalue weighted by Crippen LogP contribution is 2.34. The van der Waals surface area contributed by atoms with Crippen molar-refractivity contribution >= 4 is 34.1 Å². The Morgan fingerprint density at radius 3 is 2.03 bits per heavy atom. The van der Waals surface area contributed by atoms with E-state index in [1.54, 1.807) is 13.8 Å². The van der Waals surface area contributed by atoms with Crippen LogP contribution in [0.3, 0.4) is 0 Å². The number of hydrogen-bond acceptors (Lipinski definition) is 5. The van der Waals surface area contributed by atoms with E-state index in [1.807, 2.05) is 60.7 Å². The van der Waals surface area contributed by atoms with Crippen molar-refractivity contribution < 1.29 is 19.1 Å². The second-order valence-corrected chi connectivity index (χ2v) is 7.99. The number of primary amides is 1. The van der Waals surface area contributed by atoms with Gasteiger partial charge in [-0.3, -0.25) is 9.59 Å². The minimum atomic E-state index is -0.706. The van der Waals surface area contributed by atoms with Gasteiger partial charge in [0.1, 0.15) is 9.88 Å².